The topological polar surface area (TPSA) is 58.6 Å². The fourth-order valence-corrected chi connectivity index (χ4v) is 3.09. The number of carbonyl (C=O) groups excluding carboxylic acids is 2. The molecule has 5 heteroatoms. The molecular weight excluding hydrogens is 364 g/mol. The zero-order chi connectivity index (χ0) is 21.4. The van der Waals surface area contributed by atoms with E-state index in [0.29, 0.717) is 17.0 Å². The molecule has 5 nitrogen and oxygen atoms in total. The molecule has 0 aliphatic rings. The van der Waals surface area contributed by atoms with E-state index in [0.717, 1.165) is 37.1 Å². The van der Waals surface area contributed by atoms with E-state index in [1.165, 1.54) is 0 Å². The maximum Gasteiger partial charge on any atom is 0.265 e. The summed E-state index contributed by atoms with van der Waals surface area (Å²) in [6.45, 7) is 11.2. The number of anilines is 1. The van der Waals surface area contributed by atoms with Crippen molar-refractivity contribution in [3.05, 3.63) is 59.2 Å². The molecule has 156 valence electrons. The second-order valence-electron chi connectivity index (χ2n) is 7.39. The van der Waals surface area contributed by atoms with E-state index in [1.54, 1.807) is 31.2 Å². The Hall–Kier alpha value is -2.82. The highest BCUT2D eigenvalue weighted by molar-refractivity contribution is 5.98. The maximum absolute atomic E-state index is 12.8. The summed E-state index contributed by atoms with van der Waals surface area (Å²) < 4.78 is 5.85. The summed E-state index contributed by atoms with van der Waals surface area (Å²) in [7, 11) is 0. The fourth-order valence-electron chi connectivity index (χ4n) is 3.09. The lowest BCUT2D eigenvalue weighted by molar-refractivity contribution is -0.122. The third-order valence-electron chi connectivity index (χ3n) is 4.67. The number of ether oxygens (including phenoxy) is 1. The van der Waals surface area contributed by atoms with Crippen molar-refractivity contribution >= 4 is 17.5 Å². The minimum Gasteiger partial charge on any atom is -0.481 e. The Labute approximate surface area is 174 Å². The lowest BCUT2D eigenvalue weighted by Gasteiger charge is -2.22. The Kier molecular flexibility index (Phi) is 8.25. The lowest BCUT2D eigenvalue weighted by Crippen LogP contribution is -2.33. The van der Waals surface area contributed by atoms with Gasteiger partial charge in [0.2, 0.25) is 0 Å². The van der Waals surface area contributed by atoms with Gasteiger partial charge in [0.15, 0.2) is 6.10 Å². The average molecular weight is 397 g/mol. The summed E-state index contributed by atoms with van der Waals surface area (Å²) in [5.41, 5.74) is 3.22. The highest BCUT2D eigenvalue weighted by atomic mass is 16.5. The van der Waals surface area contributed by atoms with Crippen molar-refractivity contribution in [1.29, 1.82) is 0 Å². The summed E-state index contributed by atoms with van der Waals surface area (Å²) in [5, 5.41) is 2.86. The zero-order valence-corrected chi connectivity index (χ0v) is 18.1. The van der Waals surface area contributed by atoms with Crippen molar-refractivity contribution in [3.63, 3.8) is 0 Å². The molecular formula is C24H32N2O3. The molecule has 0 saturated heterocycles. The predicted octanol–water partition coefficient (Wildman–Crippen LogP) is 4.97. The van der Waals surface area contributed by atoms with Crippen LogP contribution in [0.25, 0.3) is 0 Å². The molecule has 2 aromatic carbocycles. The molecule has 0 heterocycles. The van der Waals surface area contributed by atoms with E-state index in [1.807, 2.05) is 36.9 Å². The van der Waals surface area contributed by atoms with Crippen LogP contribution in [0.3, 0.4) is 0 Å². The van der Waals surface area contributed by atoms with Crippen LogP contribution in [0.5, 0.6) is 5.75 Å². The number of hydrogen-bond donors (Lipinski definition) is 1. The Morgan fingerprint density at radius 3 is 2.38 bits per heavy atom. The largest absolute Gasteiger partial charge is 0.481 e. The summed E-state index contributed by atoms with van der Waals surface area (Å²) in [5.74, 6) is 0.435. The third-order valence-corrected chi connectivity index (χ3v) is 4.67. The van der Waals surface area contributed by atoms with Crippen LogP contribution in [0.4, 0.5) is 5.69 Å². The van der Waals surface area contributed by atoms with Crippen LogP contribution in [0, 0.1) is 13.8 Å². The number of aryl methyl sites for hydroxylation is 2. The van der Waals surface area contributed by atoms with Crippen LogP contribution in [-0.2, 0) is 4.79 Å². The van der Waals surface area contributed by atoms with Gasteiger partial charge in [-0.15, -0.1) is 0 Å². The van der Waals surface area contributed by atoms with Crippen LogP contribution in [-0.4, -0.2) is 35.9 Å². The first-order valence-corrected chi connectivity index (χ1v) is 10.3. The molecule has 0 aliphatic carbocycles. The van der Waals surface area contributed by atoms with E-state index in [-0.39, 0.29) is 11.8 Å². The number of benzene rings is 2. The van der Waals surface area contributed by atoms with E-state index in [4.69, 9.17) is 4.74 Å². The van der Waals surface area contributed by atoms with Gasteiger partial charge in [0.05, 0.1) is 0 Å². The highest BCUT2D eigenvalue weighted by Crippen LogP contribution is 2.21. The van der Waals surface area contributed by atoms with Crippen LogP contribution >= 0.6 is 0 Å². The van der Waals surface area contributed by atoms with Gasteiger partial charge < -0.3 is 15.0 Å². The summed E-state index contributed by atoms with van der Waals surface area (Å²) >= 11 is 0. The first-order valence-electron chi connectivity index (χ1n) is 10.3. The minimum atomic E-state index is -0.661. The molecule has 2 rings (SSSR count). The fraction of sp³-hybridized carbons (Fsp3) is 0.417. The molecule has 2 aromatic rings. The first kappa shape index (κ1) is 22.5. The van der Waals surface area contributed by atoms with E-state index in [2.05, 4.69) is 19.2 Å². The van der Waals surface area contributed by atoms with Gasteiger partial charge in [0.25, 0.3) is 11.8 Å². The molecule has 0 spiro atoms. The predicted molar refractivity (Wildman–Crippen MR) is 118 cm³/mol. The van der Waals surface area contributed by atoms with Crippen LogP contribution in [0.1, 0.15) is 55.1 Å². The van der Waals surface area contributed by atoms with Gasteiger partial charge in [-0.2, -0.15) is 0 Å². The van der Waals surface area contributed by atoms with Crippen molar-refractivity contribution in [2.24, 2.45) is 0 Å². The quantitative estimate of drug-likeness (QED) is 0.651. The van der Waals surface area contributed by atoms with Crippen LogP contribution in [0.15, 0.2) is 42.5 Å². The zero-order valence-electron chi connectivity index (χ0n) is 18.1. The number of hydrogen-bond acceptors (Lipinski definition) is 3. The molecule has 0 saturated carbocycles. The van der Waals surface area contributed by atoms with Crippen molar-refractivity contribution in [2.45, 2.75) is 53.6 Å². The van der Waals surface area contributed by atoms with Crippen LogP contribution < -0.4 is 10.1 Å². The Morgan fingerprint density at radius 2 is 1.72 bits per heavy atom. The number of nitrogens with one attached hydrogen (secondary N) is 1. The van der Waals surface area contributed by atoms with Gasteiger partial charge in [0, 0.05) is 24.3 Å². The van der Waals surface area contributed by atoms with E-state index < -0.39 is 6.10 Å². The minimum absolute atomic E-state index is 0.00974. The molecule has 0 fully saturated rings. The van der Waals surface area contributed by atoms with Crippen molar-refractivity contribution in [2.75, 3.05) is 18.4 Å². The van der Waals surface area contributed by atoms with Gasteiger partial charge in [-0.05, 0) is 69.0 Å². The summed E-state index contributed by atoms with van der Waals surface area (Å²) in [6.07, 6.45) is 1.16. The normalized spacial score (nSPS) is 11.6. The molecule has 0 aromatic heterocycles. The highest BCUT2D eigenvalue weighted by Gasteiger charge is 2.18. The molecule has 0 radical (unpaired) electrons. The Morgan fingerprint density at radius 1 is 1.03 bits per heavy atom. The SMILES string of the molecule is CCCN(CCC)C(=O)c1cccc(NC(=O)C(C)Oc2cc(C)ccc2C)c1. The van der Waals surface area contributed by atoms with Gasteiger partial charge >= 0.3 is 0 Å². The maximum atomic E-state index is 12.8. The Bertz CT molecular complexity index is 842. The second-order valence-corrected chi connectivity index (χ2v) is 7.39. The smallest absolute Gasteiger partial charge is 0.265 e. The molecule has 0 bridgehead atoms. The molecule has 0 aliphatic heterocycles. The summed E-state index contributed by atoms with van der Waals surface area (Å²) in [4.78, 5) is 27.3. The first-order chi connectivity index (χ1) is 13.8. The van der Waals surface area contributed by atoms with E-state index >= 15 is 0 Å². The van der Waals surface area contributed by atoms with Gasteiger partial charge in [-0.3, -0.25) is 9.59 Å². The van der Waals surface area contributed by atoms with Crippen molar-refractivity contribution < 1.29 is 14.3 Å². The molecule has 1 N–H and O–H groups in total. The molecule has 1 atom stereocenters. The molecule has 1 unspecified atom stereocenters. The standard InChI is InChI=1S/C24H32N2O3/c1-6-13-26(14-7-2)24(28)20-9-8-10-21(16-20)25-23(27)19(5)29-22-15-17(3)11-12-18(22)4/h8-12,15-16,19H,6-7,13-14H2,1-5H3,(H,25,27). The monoisotopic (exact) mass is 396 g/mol. The lowest BCUT2D eigenvalue weighted by atomic mass is 10.1. The van der Waals surface area contributed by atoms with Crippen LogP contribution in [0.2, 0.25) is 0 Å². The number of nitrogens with zero attached hydrogens (tertiary/aromatic N) is 1. The summed E-state index contributed by atoms with van der Waals surface area (Å²) in [6, 6.07) is 13.0. The van der Waals surface area contributed by atoms with Gasteiger partial charge in [-0.1, -0.05) is 32.0 Å². The van der Waals surface area contributed by atoms with Gasteiger partial charge in [-0.25, -0.2) is 0 Å². The third kappa shape index (κ3) is 6.34. The number of rotatable bonds is 9. The molecule has 2 amide bonds. The Balaban J connectivity index is 2.07. The second kappa shape index (κ2) is 10.6. The molecule has 29 heavy (non-hydrogen) atoms. The van der Waals surface area contributed by atoms with E-state index in [9.17, 15) is 9.59 Å². The number of amides is 2. The van der Waals surface area contributed by atoms with Crippen molar-refractivity contribution in [3.8, 4) is 5.75 Å². The van der Waals surface area contributed by atoms with Gasteiger partial charge in [0.1, 0.15) is 5.75 Å². The number of carbonyl (C=O) groups is 2. The van der Waals surface area contributed by atoms with Crippen molar-refractivity contribution in [1.82, 2.24) is 4.90 Å². The average Bonchev–Trinajstić information content (AvgIpc) is 2.70.